The Morgan fingerprint density at radius 2 is 1.77 bits per heavy atom. The standard InChI is InChI=1S/C18H22N2O2/c1-14-3-2-4-15(13-14)5-8-17(21)19-9-11-20(12-10-19)18(22)16-6-7-16/h2-5,8,13,16H,6-7,9-12H2,1H3/b8-5+. The first-order valence-corrected chi connectivity index (χ1v) is 7.96. The molecule has 1 saturated carbocycles. The Balaban J connectivity index is 1.52. The molecule has 1 aliphatic carbocycles. The molecule has 4 nitrogen and oxygen atoms in total. The topological polar surface area (TPSA) is 40.6 Å². The van der Waals surface area contributed by atoms with Crippen molar-refractivity contribution in [2.45, 2.75) is 19.8 Å². The number of amides is 2. The lowest BCUT2D eigenvalue weighted by Gasteiger charge is -2.34. The van der Waals surface area contributed by atoms with Gasteiger partial charge in [0.15, 0.2) is 0 Å². The number of carbonyl (C=O) groups excluding carboxylic acids is 2. The van der Waals surface area contributed by atoms with Crippen molar-refractivity contribution in [2.75, 3.05) is 26.2 Å². The second-order valence-electron chi connectivity index (χ2n) is 6.17. The van der Waals surface area contributed by atoms with Crippen LogP contribution in [0.3, 0.4) is 0 Å². The van der Waals surface area contributed by atoms with Crippen LogP contribution in [0.4, 0.5) is 0 Å². The minimum Gasteiger partial charge on any atom is -0.339 e. The van der Waals surface area contributed by atoms with Gasteiger partial charge >= 0.3 is 0 Å². The van der Waals surface area contributed by atoms with Gasteiger partial charge in [-0.2, -0.15) is 0 Å². The molecule has 0 unspecified atom stereocenters. The minimum atomic E-state index is 0.0278. The Morgan fingerprint density at radius 1 is 1.09 bits per heavy atom. The van der Waals surface area contributed by atoms with Crippen molar-refractivity contribution >= 4 is 17.9 Å². The van der Waals surface area contributed by atoms with Gasteiger partial charge in [0, 0.05) is 38.2 Å². The van der Waals surface area contributed by atoms with Gasteiger partial charge in [-0.05, 0) is 31.4 Å². The average Bonchev–Trinajstić information content (AvgIpc) is 3.37. The Bertz CT molecular complexity index is 597. The quantitative estimate of drug-likeness (QED) is 0.802. The molecule has 0 aromatic heterocycles. The van der Waals surface area contributed by atoms with E-state index in [0.29, 0.717) is 26.2 Å². The summed E-state index contributed by atoms with van der Waals surface area (Å²) in [6.07, 6.45) is 5.57. The van der Waals surface area contributed by atoms with E-state index in [1.54, 1.807) is 6.08 Å². The monoisotopic (exact) mass is 298 g/mol. The number of carbonyl (C=O) groups is 2. The van der Waals surface area contributed by atoms with Crippen LogP contribution in [0.1, 0.15) is 24.0 Å². The molecule has 1 aromatic carbocycles. The SMILES string of the molecule is Cc1cccc(/C=C/C(=O)N2CCN(C(=O)C3CC3)CC2)c1. The molecule has 4 heteroatoms. The van der Waals surface area contributed by atoms with Crippen LogP contribution < -0.4 is 0 Å². The summed E-state index contributed by atoms with van der Waals surface area (Å²) in [5.74, 6) is 0.575. The maximum atomic E-state index is 12.2. The zero-order valence-corrected chi connectivity index (χ0v) is 13.0. The predicted molar refractivity (Wildman–Crippen MR) is 86.1 cm³/mol. The zero-order valence-electron chi connectivity index (χ0n) is 13.0. The van der Waals surface area contributed by atoms with E-state index in [1.807, 2.05) is 41.0 Å². The first-order valence-electron chi connectivity index (χ1n) is 7.96. The second kappa shape index (κ2) is 6.34. The highest BCUT2D eigenvalue weighted by atomic mass is 16.2. The zero-order chi connectivity index (χ0) is 15.5. The van der Waals surface area contributed by atoms with Gasteiger partial charge in [0.2, 0.25) is 11.8 Å². The summed E-state index contributed by atoms with van der Waals surface area (Å²) in [5, 5.41) is 0. The highest BCUT2D eigenvalue weighted by Gasteiger charge is 2.34. The average molecular weight is 298 g/mol. The maximum absolute atomic E-state index is 12.2. The molecule has 1 saturated heterocycles. The summed E-state index contributed by atoms with van der Waals surface area (Å²) in [6, 6.07) is 8.07. The number of rotatable bonds is 3. The predicted octanol–water partition coefficient (Wildman–Crippen LogP) is 2.09. The van der Waals surface area contributed by atoms with E-state index in [-0.39, 0.29) is 17.7 Å². The molecule has 0 atom stereocenters. The van der Waals surface area contributed by atoms with Crippen molar-refractivity contribution < 1.29 is 9.59 Å². The fourth-order valence-corrected chi connectivity index (χ4v) is 2.78. The molecule has 0 N–H and O–H groups in total. The Labute approximate surface area is 131 Å². The van der Waals surface area contributed by atoms with Crippen molar-refractivity contribution in [1.82, 2.24) is 9.80 Å². The van der Waals surface area contributed by atoms with Crippen LogP contribution in [0.25, 0.3) is 6.08 Å². The molecule has 2 aliphatic rings. The summed E-state index contributed by atoms with van der Waals surface area (Å²) in [4.78, 5) is 27.9. The van der Waals surface area contributed by atoms with Gasteiger partial charge in [0.05, 0.1) is 0 Å². The van der Waals surface area contributed by atoms with Crippen LogP contribution in [-0.2, 0) is 9.59 Å². The van der Waals surface area contributed by atoms with Gasteiger partial charge in [-0.25, -0.2) is 0 Å². The number of benzene rings is 1. The molecule has 0 bridgehead atoms. The summed E-state index contributed by atoms with van der Waals surface area (Å²) < 4.78 is 0. The molecule has 1 aromatic rings. The molecular formula is C18H22N2O2. The Hall–Kier alpha value is -2.10. The van der Waals surface area contributed by atoms with Gasteiger partial charge in [0.1, 0.15) is 0 Å². The summed E-state index contributed by atoms with van der Waals surface area (Å²) in [5.41, 5.74) is 2.22. The smallest absolute Gasteiger partial charge is 0.246 e. The Kier molecular flexibility index (Phi) is 4.27. The van der Waals surface area contributed by atoms with E-state index in [0.717, 1.165) is 18.4 Å². The van der Waals surface area contributed by atoms with E-state index < -0.39 is 0 Å². The van der Waals surface area contributed by atoms with Gasteiger partial charge in [-0.15, -0.1) is 0 Å². The molecule has 0 radical (unpaired) electrons. The first-order chi connectivity index (χ1) is 10.6. The highest BCUT2D eigenvalue weighted by molar-refractivity contribution is 5.92. The van der Waals surface area contributed by atoms with Crippen molar-refractivity contribution in [3.05, 3.63) is 41.5 Å². The maximum Gasteiger partial charge on any atom is 0.246 e. The molecule has 3 rings (SSSR count). The highest BCUT2D eigenvalue weighted by Crippen LogP contribution is 2.31. The number of nitrogens with zero attached hydrogens (tertiary/aromatic N) is 2. The molecule has 1 aliphatic heterocycles. The van der Waals surface area contributed by atoms with Crippen LogP contribution in [0.15, 0.2) is 30.3 Å². The Morgan fingerprint density at radius 3 is 2.41 bits per heavy atom. The van der Waals surface area contributed by atoms with E-state index in [4.69, 9.17) is 0 Å². The van der Waals surface area contributed by atoms with Crippen LogP contribution in [0.5, 0.6) is 0 Å². The first kappa shape index (κ1) is 14.8. The molecule has 22 heavy (non-hydrogen) atoms. The third-order valence-electron chi connectivity index (χ3n) is 4.29. The third-order valence-corrected chi connectivity index (χ3v) is 4.29. The summed E-state index contributed by atoms with van der Waals surface area (Å²) in [6.45, 7) is 4.64. The van der Waals surface area contributed by atoms with E-state index in [9.17, 15) is 9.59 Å². The largest absolute Gasteiger partial charge is 0.339 e. The van der Waals surface area contributed by atoms with Crippen molar-refractivity contribution in [3.8, 4) is 0 Å². The fraction of sp³-hybridized carbons (Fsp3) is 0.444. The second-order valence-corrected chi connectivity index (χ2v) is 6.17. The van der Waals surface area contributed by atoms with Crippen LogP contribution in [0.2, 0.25) is 0 Å². The number of aryl methyl sites for hydroxylation is 1. The number of hydrogen-bond acceptors (Lipinski definition) is 2. The number of hydrogen-bond donors (Lipinski definition) is 0. The van der Waals surface area contributed by atoms with Crippen molar-refractivity contribution in [3.63, 3.8) is 0 Å². The van der Waals surface area contributed by atoms with Crippen LogP contribution in [0, 0.1) is 12.8 Å². The molecular weight excluding hydrogens is 276 g/mol. The molecule has 0 spiro atoms. The molecule has 2 fully saturated rings. The van der Waals surface area contributed by atoms with Crippen LogP contribution >= 0.6 is 0 Å². The van der Waals surface area contributed by atoms with Gasteiger partial charge < -0.3 is 9.80 Å². The third kappa shape index (κ3) is 3.56. The van der Waals surface area contributed by atoms with E-state index in [2.05, 4.69) is 6.07 Å². The molecule has 1 heterocycles. The summed E-state index contributed by atoms with van der Waals surface area (Å²) in [7, 11) is 0. The van der Waals surface area contributed by atoms with Crippen molar-refractivity contribution in [2.24, 2.45) is 5.92 Å². The lowest BCUT2D eigenvalue weighted by Crippen LogP contribution is -2.50. The molecule has 2 amide bonds. The van der Waals surface area contributed by atoms with Crippen molar-refractivity contribution in [1.29, 1.82) is 0 Å². The van der Waals surface area contributed by atoms with Gasteiger partial charge in [-0.1, -0.05) is 29.8 Å². The van der Waals surface area contributed by atoms with E-state index in [1.165, 1.54) is 5.56 Å². The summed E-state index contributed by atoms with van der Waals surface area (Å²) >= 11 is 0. The number of piperazine rings is 1. The van der Waals surface area contributed by atoms with Gasteiger partial charge in [0.25, 0.3) is 0 Å². The lowest BCUT2D eigenvalue weighted by atomic mass is 10.1. The van der Waals surface area contributed by atoms with E-state index >= 15 is 0 Å². The fourth-order valence-electron chi connectivity index (χ4n) is 2.78. The molecule has 116 valence electrons. The van der Waals surface area contributed by atoms with Gasteiger partial charge in [-0.3, -0.25) is 9.59 Å². The van der Waals surface area contributed by atoms with Crippen LogP contribution in [-0.4, -0.2) is 47.8 Å². The lowest BCUT2D eigenvalue weighted by molar-refractivity contribution is -0.138. The normalized spacial score (nSPS) is 18.8. The minimum absolute atomic E-state index is 0.0278.